The number of ether oxygens (including phenoxy) is 1. The van der Waals surface area contributed by atoms with Crippen LogP contribution in [0.4, 0.5) is 32.0 Å². The van der Waals surface area contributed by atoms with Crippen LogP contribution in [0.5, 0.6) is 0 Å². The normalized spacial score (nSPS) is 15.3. The third-order valence-corrected chi connectivity index (χ3v) is 7.67. The summed E-state index contributed by atoms with van der Waals surface area (Å²) in [6, 6.07) is 7.15. The topological polar surface area (TPSA) is 75.7 Å². The highest BCUT2D eigenvalue weighted by molar-refractivity contribution is 7.99. The van der Waals surface area contributed by atoms with Crippen molar-refractivity contribution < 1.29 is 44.3 Å². The molecule has 6 nitrogen and oxygen atoms in total. The molecule has 0 spiro atoms. The zero-order valence-electron chi connectivity index (χ0n) is 19.3. The molecule has 0 unspecified atom stereocenters. The Labute approximate surface area is 213 Å². The molecule has 2 aromatic carbocycles. The van der Waals surface area contributed by atoms with Crippen LogP contribution in [0.3, 0.4) is 0 Å². The Morgan fingerprint density at radius 3 is 2.22 bits per heavy atom. The highest BCUT2D eigenvalue weighted by atomic mass is 32.2. The number of alkyl halides is 6. The number of sulfonamides is 1. The Kier molecular flexibility index (Phi) is 8.85. The van der Waals surface area contributed by atoms with Crippen molar-refractivity contribution in [3.05, 3.63) is 59.2 Å². The molecule has 1 aliphatic heterocycles. The van der Waals surface area contributed by atoms with E-state index in [-0.39, 0.29) is 42.6 Å². The lowest BCUT2D eigenvalue weighted by atomic mass is 9.99. The molecule has 0 aliphatic carbocycles. The molecule has 0 radical (unpaired) electrons. The average molecular weight is 569 g/mol. The van der Waals surface area contributed by atoms with Crippen LogP contribution >= 0.6 is 11.8 Å². The van der Waals surface area contributed by atoms with Crippen molar-refractivity contribution in [2.75, 3.05) is 36.8 Å². The van der Waals surface area contributed by atoms with Crippen molar-refractivity contribution in [1.82, 2.24) is 4.90 Å². The monoisotopic (exact) mass is 568 g/mol. The van der Waals surface area contributed by atoms with Crippen LogP contribution in [0.25, 0.3) is 6.08 Å². The minimum Gasteiger partial charge on any atom is -0.378 e. The van der Waals surface area contributed by atoms with Gasteiger partial charge < -0.3 is 9.64 Å². The standard InChI is InChI=1S/C23H22F6N2O4S2/c1-2-37(33,34)30-16-5-3-4-6-17(16)36-18-9-7-15(8-10-19(32)31-11-13-35-14-12-31)20(22(24,25)26)21(18)23(27,28)29/h3-10,30H,2,11-14H2,1H3/b10-8+. The number of halogens is 6. The fourth-order valence-corrected chi connectivity index (χ4v) is 5.25. The van der Waals surface area contributed by atoms with Gasteiger partial charge in [-0.05, 0) is 36.8 Å². The number of carbonyl (C=O) groups excluding carboxylic acids is 1. The Hall–Kier alpha value is -2.71. The Morgan fingerprint density at radius 1 is 1.00 bits per heavy atom. The second-order valence-electron chi connectivity index (χ2n) is 7.77. The van der Waals surface area contributed by atoms with E-state index < -0.39 is 49.9 Å². The number of morpholine rings is 1. The molecule has 202 valence electrons. The largest absolute Gasteiger partial charge is 0.418 e. The molecule has 0 saturated carbocycles. The third-order valence-electron chi connectivity index (χ3n) is 5.25. The van der Waals surface area contributed by atoms with E-state index >= 15 is 0 Å². The summed E-state index contributed by atoms with van der Waals surface area (Å²) in [4.78, 5) is 12.8. The highest BCUT2D eigenvalue weighted by Gasteiger charge is 2.46. The molecule has 1 fully saturated rings. The number of nitrogens with zero attached hydrogens (tertiary/aromatic N) is 1. The van der Waals surface area contributed by atoms with E-state index in [2.05, 4.69) is 4.72 Å². The van der Waals surface area contributed by atoms with Crippen LogP contribution in [-0.4, -0.2) is 51.3 Å². The Balaban J connectivity index is 2.09. The van der Waals surface area contributed by atoms with Gasteiger partial charge in [0.15, 0.2) is 0 Å². The van der Waals surface area contributed by atoms with Gasteiger partial charge in [-0.2, -0.15) is 26.3 Å². The number of rotatable bonds is 7. The van der Waals surface area contributed by atoms with Gasteiger partial charge in [-0.25, -0.2) is 8.42 Å². The third kappa shape index (κ3) is 7.42. The molecule has 1 N–H and O–H groups in total. The summed E-state index contributed by atoms with van der Waals surface area (Å²) in [5.41, 5.74) is -4.77. The molecule has 0 bridgehead atoms. The minimum absolute atomic E-state index is 0.0241. The number of para-hydroxylation sites is 1. The lowest BCUT2D eigenvalue weighted by Crippen LogP contribution is -2.39. The van der Waals surface area contributed by atoms with E-state index in [1.807, 2.05) is 0 Å². The summed E-state index contributed by atoms with van der Waals surface area (Å²) >= 11 is 0.345. The maximum Gasteiger partial charge on any atom is 0.418 e. The van der Waals surface area contributed by atoms with Gasteiger partial charge in [0.05, 0.1) is 35.8 Å². The quantitative estimate of drug-likeness (QED) is 0.352. The first-order chi connectivity index (χ1) is 17.2. The van der Waals surface area contributed by atoms with Crippen molar-refractivity contribution in [1.29, 1.82) is 0 Å². The van der Waals surface area contributed by atoms with E-state index in [0.29, 0.717) is 17.8 Å². The number of amides is 1. The smallest absolute Gasteiger partial charge is 0.378 e. The number of hydrogen-bond donors (Lipinski definition) is 1. The molecule has 0 aromatic heterocycles. The predicted octanol–water partition coefficient (Wildman–Crippen LogP) is 5.51. The van der Waals surface area contributed by atoms with E-state index in [4.69, 9.17) is 4.74 Å². The minimum atomic E-state index is -5.41. The number of nitrogens with one attached hydrogen (secondary N) is 1. The van der Waals surface area contributed by atoms with E-state index in [1.54, 1.807) is 0 Å². The van der Waals surface area contributed by atoms with Crippen LogP contribution in [0.1, 0.15) is 23.6 Å². The molecule has 14 heteroatoms. The van der Waals surface area contributed by atoms with Crippen LogP contribution in [0, 0.1) is 0 Å². The first-order valence-electron chi connectivity index (χ1n) is 10.9. The molecule has 1 heterocycles. The van der Waals surface area contributed by atoms with Gasteiger partial charge in [0.2, 0.25) is 15.9 Å². The van der Waals surface area contributed by atoms with Crippen molar-refractivity contribution in [3.8, 4) is 0 Å². The van der Waals surface area contributed by atoms with Gasteiger partial charge in [0, 0.05) is 29.0 Å². The van der Waals surface area contributed by atoms with Crippen molar-refractivity contribution >= 4 is 39.5 Å². The summed E-state index contributed by atoms with van der Waals surface area (Å²) in [5, 5.41) is 0. The highest BCUT2D eigenvalue weighted by Crippen LogP contribution is 2.48. The summed E-state index contributed by atoms with van der Waals surface area (Å²) in [7, 11) is -3.81. The lowest BCUT2D eigenvalue weighted by molar-refractivity contribution is -0.163. The number of anilines is 1. The summed E-state index contributed by atoms with van der Waals surface area (Å²) < 4.78 is 116. The fourth-order valence-electron chi connectivity index (χ4n) is 3.46. The van der Waals surface area contributed by atoms with Crippen LogP contribution in [0.2, 0.25) is 0 Å². The molecule has 0 atom stereocenters. The van der Waals surface area contributed by atoms with E-state index in [1.165, 1.54) is 36.1 Å². The number of carbonyl (C=O) groups is 1. The van der Waals surface area contributed by atoms with E-state index in [9.17, 15) is 39.6 Å². The molecule has 3 rings (SSSR count). The average Bonchev–Trinajstić information content (AvgIpc) is 2.83. The Bertz CT molecular complexity index is 1270. The molecular formula is C23H22F6N2O4S2. The van der Waals surface area contributed by atoms with Gasteiger partial charge in [-0.15, -0.1) is 0 Å². The van der Waals surface area contributed by atoms with Gasteiger partial charge in [-0.1, -0.05) is 30.0 Å². The van der Waals surface area contributed by atoms with Crippen LogP contribution in [0.15, 0.2) is 52.3 Å². The number of hydrogen-bond acceptors (Lipinski definition) is 5. The first kappa shape index (κ1) is 28.9. The first-order valence-corrected chi connectivity index (χ1v) is 13.3. The van der Waals surface area contributed by atoms with Crippen molar-refractivity contribution in [2.24, 2.45) is 0 Å². The Morgan fingerprint density at radius 2 is 1.62 bits per heavy atom. The molecule has 37 heavy (non-hydrogen) atoms. The summed E-state index contributed by atoms with van der Waals surface area (Å²) in [6.45, 7) is 2.26. The molecule has 1 aliphatic rings. The van der Waals surface area contributed by atoms with Gasteiger partial charge in [0.1, 0.15) is 0 Å². The fraction of sp³-hybridized carbons (Fsp3) is 0.348. The second kappa shape index (κ2) is 11.4. The van der Waals surface area contributed by atoms with Crippen molar-refractivity contribution in [3.63, 3.8) is 0 Å². The zero-order valence-corrected chi connectivity index (χ0v) is 21.0. The zero-order chi connectivity index (χ0) is 27.4. The maximum atomic E-state index is 14.1. The summed E-state index contributed by atoms with van der Waals surface area (Å²) in [6.07, 6.45) is -9.30. The molecule has 1 saturated heterocycles. The van der Waals surface area contributed by atoms with Crippen LogP contribution in [-0.2, 0) is 31.9 Å². The van der Waals surface area contributed by atoms with Crippen LogP contribution < -0.4 is 4.72 Å². The van der Waals surface area contributed by atoms with Gasteiger partial charge >= 0.3 is 12.4 Å². The molecule has 2 aromatic rings. The molecular weight excluding hydrogens is 546 g/mol. The summed E-state index contributed by atoms with van der Waals surface area (Å²) in [5.74, 6) is -0.969. The molecule has 1 amide bonds. The number of benzene rings is 2. The SMILES string of the molecule is CCS(=O)(=O)Nc1ccccc1Sc1ccc(/C=C/C(=O)N2CCOCC2)c(C(F)(F)F)c1C(F)(F)F. The lowest BCUT2D eigenvalue weighted by Gasteiger charge is -2.25. The predicted molar refractivity (Wildman–Crippen MR) is 127 cm³/mol. The van der Waals surface area contributed by atoms with Gasteiger partial charge in [0.25, 0.3) is 0 Å². The van der Waals surface area contributed by atoms with E-state index in [0.717, 1.165) is 18.2 Å². The van der Waals surface area contributed by atoms with Gasteiger partial charge in [-0.3, -0.25) is 9.52 Å². The van der Waals surface area contributed by atoms with Crippen molar-refractivity contribution in [2.45, 2.75) is 29.1 Å². The maximum absolute atomic E-state index is 14.1. The second-order valence-corrected chi connectivity index (χ2v) is 10.9.